The van der Waals surface area contributed by atoms with Gasteiger partial charge in [-0.2, -0.15) is 4.31 Å². The summed E-state index contributed by atoms with van der Waals surface area (Å²) in [7, 11) is -6.55. The highest BCUT2D eigenvalue weighted by Crippen LogP contribution is 2.32. The Bertz CT molecular complexity index is 1550. The van der Waals surface area contributed by atoms with Crippen LogP contribution in [0.3, 0.4) is 0 Å². The van der Waals surface area contributed by atoms with Gasteiger partial charge in [-0.05, 0) is 74.2 Å². The predicted octanol–water partition coefficient (Wildman–Crippen LogP) is 4.32. The number of nitrogens with zero attached hydrogens (tertiary/aromatic N) is 2. The number of sulfonamides is 2. The van der Waals surface area contributed by atoms with E-state index in [-0.39, 0.29) is 21.2 Å². The number of carbonyl (C=O) groups is 1. The van der Waals surface area contributed by atoms with Crippen LogP contribution in [0.25, 0.3) is 0 Å². The van der Waals surface area contributed by atoms with Crippen molar-refractivity contribution in [3.05, 3.63) is 77.9 Å². The molecule has 1 heterocycles. The fourth-order valence-electron chi connectivity index (χ4n) is 4.54. The lowest BCUT2D eigenvalue weighted by Crippen LogP contribution is -2.38. The Morgan fingerprint density at radius 1 is 0.923 bits per heavy atom. The summed E-state index contributed by atoms with van der Waals surface area (Å²) < 4.78 is 61.9. The monoisotopic (exact) mass is 571 g/mol. The van der Waals surface area contributed by atoms with Gasteiger partial charge in [0.05, 0.1) is 17.7 Å². The Kier molecular flexibility index (Phi) is 8.63. The van der Waals surface area contributed by atoms with Gasteiger partial charge in [-0.15, -0.1) is 0 Å². The van der Waals surface area contributed by atoms with E-state index in [0.717, 1.165) is 29.1 Å². The highest BCUT2D eigenvalue weighted by atomic mass is 32.2. The first-order valence-electron chi connectivity index (χ1n) is 12.7. The molecule has 4 rings (SSSR count). The van der Waals surface area contributed by atoms with Gasteiger partial charge in [0, 0.05) is 18.8 Å². The number of ether oxygens (including phenoxy) is 1. The van der Waals surface area contributed by atoms with Crippen LogP contribution in [-0.4, -0.2) is 53.8 Å². The Morgan fingerprint density at radius 3 is 2.28 bits per heavy atom. The summed E-state index contributed by atoms with van der Waals surface area (Å²) in [4.78, 5) is 13.3. The second-order valence-corrected chi connectivity index (χ2v) is 13.3. The molecule has 1 fully saturated rings. The molecule has 208 valence electrons. The van der Waals surface area contributed by atoms with Crippen LogP contribution in [0.5, 0.6) is 5.75 Å². The van der Waals surface area contributed by atoms with Gasteiger partial charge in [0.1, 0.15) is 17.2 Å². The van der Waals surface area contributed by atoms with Gasteiger partial charge in [0.15, 0.2) is 0 Å². The molecule has 9 nitrogen and oxygen atoms in total. The predicted molar refractivity (Wildman–Crippen MR) is 151 cm³/mol. The van der Waals surface area contributed by atoms with Crippen molar-refractivity contribution in [2.75, 3.05) is 36.4 Å². The second-order valence-electron chi connectivity index (χ2n) is 9.49. The van der Waals surface area contributed by atoms with Crippen LogP contribution in [0.1, 0.15) is 30.4 Å². The van der Waals surface area contributed by atoms with E-state index in [1.807, 2.05) is 13.0 Å². The summed E-state index contributed by atoms with van der Waals surface area (Å²) in [5.74, 6) is -0.455. The minimum atomic E-state index is -4.09. The maximum absolute atomic E-state index is 13.7. The average molecular weight is 572 g/mol. The van der Waals surface area contributed by atoms with Gasteiger partial charge in [0.2, 0.25) is 15.9 Å². The zero-order valence-corrected chi connectivity index (χ0v) is 23.9. The molecule has 0 spiro atoms. The Balaban J connectivity index is 1.66. The number of aryl methyl sites for hydroxylation is 2. The van der Waals surface area contributed by atoms with Gasteiger partial charge in [-0.3, -0.25) is 9.10 Å². The number of piperidine rings is 1. The molecule has 1 N–H and O–H groups in total. The molecule has 3 aromatic carbocycles. The third-order valence-corrected chi connectivity index (χ3v) is 10.3. The lowest BCUT2D eigenvalue weighted by atomic mass is 10.1. The number of methoxy groups -OCH3 is 1. The Hall–Kier alpha value is -3.41. The van der Waals surface area contributed by atoms with Gasteiger partial charge >= 0.3 is 0 Å². The molecule has 0 aromatic heterocycles. The smallest absolute Gasteiger partial charge is 0.264 e. The number of hydrogen-bond donors (Lipinski definition) is 1. The van der Waals surface area contributed by atoms with E-state index < -0.39 is 32.5 Å². The summed E-state index contributed by atoms with van der Waals surface area (Å²) in [5.41, 5.74) is 2.13. The van der Waals surface area contributed by atoms with Crippen molar-refractivity contribution in [1.82, 2.24) is 4.31 Å². The number of anilines is 2. The molecule has 39 heavy (non-hydrogen) atoms. The average Bonchev–Trinajstić information content (AvgIpc) is 2.94. The zero-order chi connectivity index (χ0) is 28.2. The van der Waals surface area contributed by atoms with Crippen molar-refractivity contribution in [3.63, 3.8) is 0 Å². The first-order valence-corrected chi connectivity index (χ1v) is 15.5. The third-order valence-electron chi connectivity index (χ3n) is 6.63. The molecular weight excluding hydrogens is 538 g/mol. The van der Waals surface area contributed by atoms with Crippen molar-refractivity contribution < 1.29 is 26.4 Å². The van der Waals surface area contributed by atoms with Crippen LogP contribution < -0.4 is 14.4 Å². The van der Waals surface area contributed by atoms with E-state index in [1.165, 1.54) is 41.7 Å². The molecule has 3 aromatic rings. The van der Waals surface area contributed by atoms with Crippen LogP contribution in [0.15, 0.2) is 76.5 Å². The molecule has 11 heteroatoms. The van der Waals surface area contributed by atoms with Crippen LogP contribution in [-0.2, 0) is 24.8 Å². The van der Waals surface area contributed by atoms with Crippen molar-refractivity contribution in [1.29, 1.82) is 0 Å². The van der Waals surface area contributed by atoms with Crippen molar-refractivity contribution >= 4 is 37.3 Å². The van der Waals surface area contributed by atoms with Crippen molar-refractivity contribution in [2.45, 2.75) is 42.9 Å². The summed E-state index contributed by atoms with van der Waals surface area (Å²) in [6, 6.07) is 17.7. The van der Waals surface area contributed by atoms with Crippen LogP contribution >= 0.6 is 0 Å². The first kappa shape index (κ1) is 28.6. The van der Waals surface area contributed by atoms with E-state index in [0.29, 0.717) is 24.3 Å². The molecule has 0 aliphatic carbocycles. The molecular formula is C28H33N3O6S2. The van der Waals surface area contributed by atoms with Gasteiger partial charge < -0.3 is 10.1 Å². The number of nitrogens with one attached hydrogen (secondary N) is 1. The minimum Gasteiger partial charge on any atom is -0.495 e. The van der Waals surface area contributed by atoms with Crippen molar-refractivity contribution in [3.8, 4) is 5.75 Å². The number of rotatable bonds is 9. The molecule has 1 saturated heterocycles. The normalized spacial score (nSPS) is 14.5. The highest BCUT2D eigenvalue weighted by Gasteiger charge is 2.31. The van der Waals surface area contributed by atoms with Crippen LogP contribution in [0.4, 0.5) is 11.4 Å². The summed E-state index contributed by atoms with van der Waals surface area (Å²) >= 11 is 0. The Morgan fingerprint density at radius 2 is 1.62 bits per heavy atom. The highest BCUT2D eigenvalue weighted by molar-refractivity contribution is 7.92. The Labute approximate surface area is 230 Å². The molecule has 1 amide bonds. The summed E-state index contributed by atoms with van der Waals surface area (Å²) in [5, 5.41) is 2.68. The van der Waals surface area contributed by atoms with E-state index >= 15 is 0 Å². The fourth-order valence-corrected chi connectivity index (χ4v) is 7.74. The van der Waals surface area contributed by atoms with Gasteiger partial charge in [0.25, 0.3) is 10.0 Å². The first-order chi connectivity index (χ1) is 18.5. The molecule has 0 radical (unpaired) electrons. The maximum Gasteiger partial charge on any atom is 0.264 e. The van der Waals surface area contributed by atoms with E-state index in [4.69, 9.17) is 4.74 Å². The molecule has 1 aliphatic rings. The number of amides is 1. The van der Waals surface area contributed by atoms with E-state index in [2.05, 4.69) is 5.32 Å². The molecule has 0 atom stereocenters. The van der Waals surface area contributed by atoms with Crippen molar-refractivity contribution in [2.24, 2.45) is 0 Å². The third kappa shape index (κ3) is 6.26. The minimum absolute atomic E-state index is 0.0482. The molecule has 1 aliphatic heterocycles. The second kappa shape index (κ2) is 11.8. The molecule has 0 bridgehead atoms. The van der Waals surface area contributed by atoms with E-state index in [1.54, 1.807) is 37.3 Å². The molecule has 0 saturated carbocycles. The number of carbonyl (C=O) groups excluding carboxylic acids is 1. The van der Waals surface area contributed by atoms with Crippen LogP contribution in [0, 0.1) is 13.8 Å². The summed E-state index contributed by atoms with van der Waals surface area (Å²) in [6.45, 7) is 3.95. The van der Waals surface area contributed by atoms with Gasteiger partial charge in [-0.25, -0.2) is 16.8 Å². The maximum atomic E-state index is 13.7. The lowest BCUT2D eigenvalue weighted by Gasteiger charge is -2.27. The SMILES string of the molecule is COc1ccc(NC(=O)CN(c2cc(C)ccc2C)S(=O)(=O)c2ccccc2)cc1S(=O)(=O)N1CCCCC1. The summed E-state index contributed by atoms with van der Waals surface area (Å²) in [6.07, 6.45) is 2.53. The van der Waals surface area contributed by atoms with Crippen LogP contribution in [0.2, 0.25) is 0 Å². The fraction of sp³-hybridized carbons (Fsp3) is 0.321. The van der Waals surface area contributed by atoms with E-state index in [9.17, 15) is 21.6 Å². The standard InChI is InChI=1S/C28H33N3O6S2/c1-21-12-13-22(2)25(18-21)31(38(33,34)24-10-6-4-7-11-24)20-28(32)29-23-14-15-26(37-3)27(19-23)39(35,36)30-16-8-5-9-17-30/h4,6-7,10-15,18-19H,5,8-9,16-17,20H2,1-3H3,(H,29,32). The van der Waals surface area contributed by atoms with Gasteiger partial charge in [-0.1, -0.05) is 36.8 Å². The molecule has 0 unspecified atom stereocenters. The zero-order valence-electron chi connectivity index (χ0n) is 22.3. The largest absolute Gasteiger partial charge is 0.495 e. The lowest BCUT2D eigenvalue weighted by molar-refractivity contribution is -0.114. The number of hydrogen-bond acceptors (Lipinski definition) is 6. The topological polar surface area (TPSA) is 113 Å². The number of benzene rings is 3. The quantitative estimate of drug-likeness (QED) is 0.409.